The lowest BCUT2D eigenvalue weighted by atomic mass is 10.1. The predicted octanol–water partition coefficient (Wildman–Crippen LogP) is 4.89. The van der Waals surface area contributed by atoms with Gasteiger partial charge in [-0.2, -0.15) is 10.2 Å². The topological polar surface area (TPSA) is 122 Å². The average molecular weight is 530 g/mol. The van der Waals surface area contributed by atoms with Crippen LogP contribution < -0.4 is 11.3 Å². The molecule has 0 amide bonds. The fraction of sp³-hybridized carbons (Fsp3) is 0.429. The van der Waals surface area contributed by atoms with Gasteiger partial charge >= 0.3 is 0 Å². The minimum Gasteiger partial charge on any atom is -0.383 e. The summed E-state index contributed by atoms with van der Waals surface area (Å²) in [5.74, 6) is 0.670. The van der Waals surface area contributed by atoms with E-state index in [-0.39, 0.29) is 17.0 Å². The van der Waals surface area contributed by atoms with Crippen LogP contribution in [0.5, 0.6) is 0 Å². The zero-order valence-electron chi connectivity index (χ0n) is 22.4. The van der Waals surface area contributed by atoms with Crippen molar-refractivity contribution in [3.8, 4) is 11.3 Å². The highest BCUT2D eigenvalue weighted by atomic mass is 19.1. The van der Waals surface area contributed by atoms with Gasteiger partial charge in [0.2, 0.25) is 0 Å². The van der Waals surface area contributed by atoms with Gasteiger partial charge in [0.05, 0.1) is 23.1 Å². The van der Waals surface area contributed by atoms with Crippen LogP contribution in [0.4, 0.5) is 10.2 Å². The number of aromatic nitrogens is 8. The maximum absolute atomic E-state index is 14.8. The second-order valence-corrected chi connectivity index (χ2v) is 10.3. The van der Waals surface area contributed by atoms with Crippen molar-refractivity contribution in [3.63, 3.8) is 0 Å². The quantitative estimate of drug-likeness (QED) is 0.288. The van der Waals surface area contributed by atoms with Crippen LogP contribution in [0, 0.1) is 11.7 Å². The number of hydrogen-bond donors (Lipinski definition) is 1. The summed E-state index contributed by atoms with van der Waals surface area (Å²) in [6, 6.07) is 4.40. The van der Waals surface area contributed by atoms with Crippen LogP contribution >= 0.6 is 0 Å². The Kier molecular flexibility index (Phi) is 6.36. The Labute approximate surface area is 224 Å². The standard InChI is InChI=1S/C28H32FN9O/c1-4-18(5-2)37-14-17(12-33-37)24-23-25(30)31-15-32-27(23)38(35-24)21(6-3)26-34-20-9-7-8-19(29)22(20)28(39)36(26)13-16-10-11-16/h7-9,12,14-16,18,21H,4-6,10-11,13H2,1-3H3,(H2,30,31,32)/t21-/m0/s1. The van der Waals surface area contributed by atoms with Gasteiger partial charge < -0.3 is 5.73 Å². The third-order valence-electron chi connectivity index (χ3n) is 7.79. The van der Waals surface area contributed by atoms with Crippen LogP contribution in [-0.4, -0.2) is 39.1 Å². The smallest absolute Gasteiger partial charge is 0.264 e. The lowest BCUT2D eigenvalue weighted by Gasteiger charge is -2.21. The number of nitrogens with zero attached hydrogens (tertiary/aromatic N) is 8. The van der Waals surface area contributed by atoms with Crippen molar-refractivity contribution < 1.29 is 4.39 Å². The van der Waals surface area contributed by atoms with Gasteiger partial charge in [0.15, 0.2) is 5.65 Å². The molecule has 2 N–H and O–H groups in total. The number of anilines is 1. The summed E-state index contributed by atoms with van der Waals surface area (Å²) in [5.41, 5.74) is 8.33. The molecule has 1 aromatic carbocycles. The van der Waals surface area contributed by atoms with Gasteiger partial charge in [-0.05, 0) is 50.2 Å². The van der Waals surface area contributed by atoms with Crippen LogP contribution in [0.1, 0.15) is 70.8 Å². The zero-order valence-corrected chi connectivity index (χ0v) is 22.4. The molecule has 11 heteroatoms. The van der Waals surface area contributed by atoms with Gasteiger partial charge in [0.1, 0.15) is 40.9 Å². The summed E-state index contributed by atoms with van der Waals surface area (Å²) in [5, 5.41) is 10.3. The van der Waals surface area contributed by atoms with E-state index in [9.17, 15) is 9.18 Å². The maximum Gasteiger partial charge on any atom is 0.264 e. The fourth-order valence-electron chi connectivity index (χ4n) is 5.43. The van der Waals surface area contributed by atoms with E-state index in [4.69, 9.17) is 15.8 Å². The molecule has 5 aromatic rings. The first-order chi connectivity index (χ1) is 18.9. The normalized spacial score (nSPS) is 14.6. The first-order valence-corrected chi connectivity index (χ1v) is 13.7. The molecule has 0 radical (unpaired) electrons. The summed E-state index contributed by atoms with van der Waals surface area (Å²) in [6.07, 6.45) is 9.76. The second kappa shape index (κ2) is 9.87. The monoisotopic (exact) mass is 529 g/mol. The number of halogens is 1. The highest BCUT2D eigenvalue weighted by Gasteiger charge is 2.30. The lowest BCUT2D eigenvalue weighted by molar-refractivity contribution is 0.428. The summed E-state index contributed by atoms with van der Waals surface area (Å²) in [4.78, 5) is 27.3. The molecular weight excluding hydrogens is 497 g/mol. The molecule has 1 aliphatic rings. The summed E-state index contributed by atoms with van der Waals surface area (Å²) >= 11 is 0. The SMILES string of the molecule is CCC(CC)n1cc(-c2nn([C@@H](CC)c3nc4cccc(F)c4c(=O)n3CC3CC3)c3ncnc(N)c23)cn1. The molecule has 1 fully saturated rings. The van der Waals surface area contributed by atoms with Crippen molar-refractivity contribution in [3.05, 3.63) is 58.9 Å². The molecule has 1 atom stereocenters. The van der Waals surface area contributed by atoms with Crippen molar-refractivity contribution in [1.82, 2.24) is 39.1 Å². The largest absolute Gasteiger partial charge is 0.383 e. The molecule has 4 aromatic heterocycles. The van der Waals surface area contributed by atoms with Crippen LogP contribution in [0.15, 0.2) is 41.7 Å². The maximum atomic E-state index is 14.8. The van der Waals surface area contributed by atoms with Crippen molar-refractivity contribution in [2.75, 3.05) is 5.73 Å². The van der Waals surface area contributed by atoms with Crippen LogP contribution in [-0.2, 0) is 6.54 Å². The van der Waals surface area contributed by atoms with Crippen molar-refractivity contribution in [2.24, 2.45) is 5.92 Å². The number of hydrogen-bond acceptors (Lipinski definition) is 7. The minimum absolute atomic E-state index is 0.0168. The van der Waals surface area contributed by atoms with Crippen molar-refractivity contribution >= 4 is 27.8 Å². The van der Waals surface area contributed by atoms with Gasteiger partial charge in [-0.1, -0.05) is 26.8 Å². The van der Waals surface area contributed by atoms with Crippen LogP contribution in [0.2, 0.25) is 0 Å². The third kappa shape index (κ3) is 4.25. The molecule has 6 rings (SSSR count). The van der Waals surface area contributed by atoms with Gasteiger partial charge in [-0.15, -0.1) is 0 Å². The highest BCUT2D eigenvalue weighted by Crippen LogP contribution is 2.36. The van der Waals surface area contributed by atoms with E-state index in [1.54, 1.807) is 27.6 Å². The van der Waals surface area contributed by atoms with Crippen LogP contribution in [0.25, 0.3) is 33.2 Å². The van der Waals surface area contributed by atoms with Crippen LogP contribution in [0.3, 0.4) is 0 Å². The minimum atomic E-state index is -0.559. The van der Waals surface area contributed by atoms with E-state index >= 15 is 0 Å². The fourth-order valence-corrected chi connectivity index (χ4v) is 5.43. The zero-order chi connectivity index (χ0) is 27.3. The number of rotatable bonds is 9. The lowest BCUT2D eigenvalue weighted by Crippen LogP contribution is -2.30. The number of nitrogen functional groups attached to an aromatic ring is 1. The highest BCUT2D eigenvalue weighted by molar-refractivity contribution is 5.98. The first kappa shape index (κ1) is 25.1. The molecular formula is C28H32FN9O. The Bertz CT molecular complexity index is 1730. The van der Waals surface area contributed by atoms with Gasteiger partial charge in [0, 0.05) is 18.3 Å². The summed E-state index contributed by atoms with van der Waals surface area (Å²) in [6.45, 7) is 6.78. The molecule has 1 saturated carbocycles. The third-order valence-corrected chi connectivity index (χ3v) is 7.79. The van der Waals surface area contributed by atoms with Crippen molar-refractivity contribution in [2.45, 2.75) is 71.5 Å². The van der Waals surface area contributed by atoms with E-state index in [1.807, 2.05) is 17.8 Å². The van der Waals surface area contributed by atoms with Gasteiger partial charge in [0.25, 0.3) is 5.56 Å². The molecule has 4 heterocycles. The van der Waals surface area contributed by atoms with Gasteiger partial charge in [-0.25, -0.2) is 24.0 Å². The molecule has 0 unspecified atom stereocenters. The van der Waals surface area contributed by atoms with Gasteiger partial charge in [-0.3, -0.25) is 14.0 Å². The Morgan fingerprint density at radius 1 is 1.10 bits per heavy atom. The molecule has 10 nitrogen and oxygen atoms in total. The molecule has 202 valence electrons. The summed E-state index contributed by atoms with van der Waals surface area (Å²) in [7, 11) is 0. The predicted molar refractivity (Wildman–Crippen MR) is 148 cm³/mol. The Balaban J connectivity index is 1.56. The molecule has 0 aliphatic heterocycles. The second-order valence-electron chi connectivity index (χ2n) is 10.3. The van der Waals surface area contributed by atoms with Crippen molar-refractivity contribution in [1.29, 1.82) is 0 Å². The number of benzene rings is 1. The van der Waals surface area contributed by atoms with E-state index in [1.165, 1.54) is 12.4 Å². The molecule has 1 aliphatic carbocycles. The van der Waals surface area contributed by atoms with E-state index in [2.05, 4.69) is 28.9 Å². The number of nitrogens with two attached hydrogens (primary N) is 1. The van der Waals surface area contributed by atoms with E-state index in [0.29, 0.717) is 52.8 Å². The Morgan fingerprint density at radius 2 is 1.90 bits per heavy atom. The molecule has 39 heavy (non-hydrogen) atoms. The Hall–Kier alpha value is -4.15. The van der Waals surface area contributed by atoms with E-state index < -0.39 is 11.9 Å². The molecule has 0 bridgehead atoms. The molecule has 0 spiro atoms. The molecule has 0 saturated heterocycles. The van der Waals surface area contributed by atoms with E-state index in [0.717, 1.165) is 31.2 Å². The first-order valence-electron chi connectivity index (χ1n) is 13.7. The Morgan fingerprint density at radius 3 is 2.62 bits per heavy atom. The summed E-state index contributed by atoms with van der Waals surface area (Å²) < 4.78 is 20.1. The number of fused-ring (bicyclic) bond motifs is 2. The average Bonchev–Trinajstić information content (AvgIpc) is 3.48.